The molecule has 1 aliphatic heterocycles. The smallest absolute Gasteiger partial charge is 0.132 e. The van der Waals surface area contributed by atoms with Crippen LogP contribution in [0.3, 0.4) is 0 Å². The van der Waals surface area contributed by atoms with E-state index in [0.29, 0.717) is 5.92 Å². The van der Waals surface area contributed by atoms with E-state index in [1.54, 1.807) is 0 Å². The van der Waals surface area contributed by atoms with Gasteiger partial charge in [0.25, 0.3) is 0 Å². The summed E-state index contributed by atoms with van der Waals surface area (Å²) in [7, 11) is 0. The maximum atomic E-state index is 4.57. The third-order valence-electron chi connectivity index (χ3n) is 3.63. The zero-order chi connectivity index (χ0) is 13.2. The van der Waals surface area contributed by atoms with Crippen molar-refractivity contribution in [1.29, 1.82) is 0 Å². The molecule has 3 heterocycles. The van der Waals surface area contributed by atoms with E-state index in [0.717, 1.165) is 31.2 Å². The van der Waals surface area contributed by atoms with E-state index in [1.807, 2.05) is 30.5 Å². The Balaban J connectivity index is 1.64. The summed E-state index contributed by atoms with van der Waals surface area (Å²) in [6, 6.07) is 6.42. The number of aryl methyl sites for hydroxylation is 2. The Bertz CT molecular complexity index is 564. The molecule has 100 valence electrons. The van der Waals surface area contributed by atoms with Gasteiger partial charge >= 0.3 is 0 Å². The van der Waals surface area contributed by atoms with Gasteiger partial charge in [0.1, 0.15) is 5.82 Å². The molecule has 0 aromatic carbocycles. The standard InChI is InChI=1S/C15H19N3S/c1-11-5-7-16-15(17-11)13-6-8-18(9-13)10-14-4-3-12(2)19-14/h3-5,7,13H,6,8-10H2,1-2H3. The Morgan fingerprint density at radius 1 is 1.32 bits per heavy atom. The lowest BCUT2D eigenvalue weighted by Gasteiger charge is -2.14. The number of aromatic nitrogens is 2. The van der Waals surface area contributed by atoms with Crippen LogP contribution in [0.25, 0.3) is 0 Å². The summed E-state index contributed by atoms with van der Waals surface area (Å²) in [4.78, 5) is 14.4. The Hall–Kier alpha value is -1.26. The number of thiophene rings is 1. The molecule has 0 aliphatic carbocycles. The SMILES string of the molecule is Cc1ccnc(C2CCN(Cc3ccc(C)s3)C2)n1. The van der Waals surface area contributed by atoms with E-state index in [2.05, 4.69) is 33.9 Å². The predicted octanol–water partition coefficient (Wildman–Crippen LogP) is 3.14. The van der Waals surface area contributed by atoms with Crippen LogP contribution in [-0.4, -0.2) is 28.0 Å². The van der Waals surface area contributed by atoms with Crippen LogP contribution in [0, 0.1) is 13.8 Å². The molecule has 0 bridgehead atoms. The van der Waals surface area contributed by atoms with Crippen molar-refractivity contribution in [1.82, 2.24) is 14.9 Å². The predicted molar refractivity (Wildman–Crippen MR) is 78.5 cm³/mol. The van der Waals surface area contributed by atoms with Gasteiger partial charge in [0.2, 0.25) is 0 Å². The molecule has 19 heavy (non-hydrogen) atoms. The van der Waals surface area contributed by atoms with Crippen LogP contribution in [0.4, 0.5) is 0 Å². The van der Waals surface area contributed by atoms with Crippen molar-refractivity contribution in [2.75, 3.05) is 13.1 Å². The highest BCUT2D eigenvalue weighted by molar-refractivity contribution is 7.11. The Morgan fingerprint density at radius 3 is 2.95 bits per heavy atom. The molecular formula is C15H19N3S. The number of likely N-dealkylation sites (tertiary alicyclic amines) is 1. The van der Waals surface area contributed by atoms with Gasteiger partial charge in [-0.25, -0.2) is 9.97 Å². The van der Waals surface area contributed by atoms with Crippen LogP contribution < -0.4 is 0 Å². The molecule has 1 saturated heterocycles. The fraction of sp³-hybridized carbons (Fsp3) is 0.467. The van der Waals surface area contributed by atoms with Crippen LogP contribution in [-0.2, 0) is 6.54 Å². The molecule has 1 fully saturated rings. The Kier molecular flexibility index (Phi) is 3.62. The lowest BCUT2D eigenvalue weighted by Crippen LogP contribution is -2.19. The van der Waals surface area contributed by atoms with Crippen LogP contribution in [0.1, 0.15) is 33.6 Å². The fourth-order valence-electron chi connectivity index (χ4n) is 2.64. The Labute approximate surface area is 118 Å². The molecule has 0 spiro atoms. The van der Waals surface area contributed by atoms with Crippen molar-refractivity contribution >= 4 is 11.3 Å². The number of hydrogen-bond donors (Lipinski definition) is 0. The van der Waals surface area contributed by atoms with Gasteiger partial charge in [-0.15, -0.1) is 11.3 Å². The van der Waals surface area contributed by atoms with Gasteiger partial charge in [-0.1, -0.05) is 0 Å². The van der Waals surface area contributed by atoms with Gasteiger partial charge in [-0.2, -0.15) is 0 Å². The third-order valence-corrected chi connectivity index (χ3v) is 4.61. The zero-order valence-corrected chi connectivity index (χ0v) is 12.3. The van der Waals surface area contributed by atoms with Crippen molar-refractivity contribution in [3.63, 3.8) is 0 Å². The van der Waals surface area contributed by atoms with Gasteiger partial charge in [0, 0.05) is 40.7 Å². The highest BCUT2D eigenvalue weighted by Crippen LogP contribution is 2.27. The monoisotopic (exact) mass is 273 g/mol. The first-order valence-electron chi connectivity index (χ1n) is 6.78. The second-order valence-electron chi connectivity index (χ2n) is 5.29. The topological polar surface area (TPSA) is 29.0 Å². The van der Waals surface area contributed by atoms with Crippen LogP contribution in [0.2, 0.25) is 0 Å². The minimum atomic E-state index is 0.501. The van der Waals surface area contributed by atoms with Gasteiger partial charge in [-0.05, 0) is 45.0 Å². The Morgan fingerprint density at radius 2 is 2.21 bits per heavy atom. The van der Waals surface area contributed by atoms with Crippen LogP contribution in [0.15, 0.2) is 24.4 Å². The lowest BCUT2D eigenvalue weighted by molar-refractivity contribution is 0.328. The number of hydrogen-bond acceptors (Lipinski definition) is 4. The molecule has 0 saturated carbocycles. The second kappa shape index (κ2) is 5.39. The molecule has 0 amide bonds. The maximum absolute atomic E-state index is 4.57. The van der Waals surface area contributed by atoms with Crippen molar-refractivity contribution in [3.8, 4) is 0 Å². The molecule has 0 N–H and O–H groups in total. The summed E-state index contributed by atoms with van der Waals surface area (Å²) in [5.41, 5.74) is 1.07. The largest absolute Gasteiger partial charge is 0.298 e. The van der Waals surface area contributed by atoms with E-state index in [4.69, 9.17) is 0 Å². The second-order valence-corrected chi connectivity index (χ2v) is 6.66. The normalized spacial score (nSPS) is 20.0. The summed E-state index contributed by atoms with van der Waals surface area (Å²) in [5.74, 6) is 1.52. The minimum Gasteiger partial charge on any atom is -0.298 e. The first-order chi connectivity index (χ1) is 9.20. The maximum Gasteiger partial charge on any atom is 0.132 e. The molecule has 0 radical (unpaired) electrons. The molecule has 3 nitrogen and oxygen atoms in total. The van der Waals surface area contributed by atoms with E-state index >= 15 is 0 Å². The van der Waals surface area contributed by atoms with Gasteiger partial charge in [0.05, 0.1) is 0 Å². The zero-order valence-electron chi connectivity index (χ0n) is 11.5. The van der Waals surface area contributed by atoms with Crippen LogP contribution in [0.5, 0.6) is 0 Å². The van der Waals surface area contributed by atoms with E-state index in [1.165, 1.54) is 16.2 Å². The third kappa shape index (κ3) is 3.01. The van der Waals surface area contributed by atoms with E-state index < -0.39 is 0 Å². The molecule has 3 rings (SSSR count). The molecule has 1 aliphatic rings. The molecule has 4 heteroatoms. The summed E-state index contributed by atoms with van der Waals surface area (Å²) < 4.78 is 0. The first kappa shape index (κ1) is 12.8. The minimum absolute atomic E-state index is 0.501. The van der Waals surface area contributed by atoms with Crippen molar-refractivity contribution in [2.24, 2.45) is 0 Å². The summed E-state index contributed by atoms with van der Waals surface area (Å²) in [6.07, 6.45) is 3.05. The van der Waals surface area contributed by atoms with Crippen molar-refractivity contribution in [2.45, 2.75) is 32.7 Å². The highest BCUT2D eigenvalue weighted by atomic mass is 32.1. The fourth-order valence-corrected chi connectivity index (χ4v) is 3.58. The summed E-state index contributed by atoms with van der Waals surface area (Å²) in [6.45, 7) is 7.51. The number of rotatable bonds is 3. The molecule has 2 aromatic rings. The van der Waals surface area contributed by atoms with Gasteiger partial charge < -0.3 is 0 Å². The lowest BCUT2D eigenvalue weighted by atomic mass is 10.1. The van der Waals surface area contributed by atoms with Crippen LogP contribution >= 0.6 is 11.3 Å². The van der Waals surface area contributed by atoms with Gasteiger partial charge in [-0.3, -0.25) is 4.90 Å². The quantitative estimate of drug-likeness (QED) is 0.860. The molecule has 1 atom stereocenters. The van der Waals surface area contributed by atoms with E-state index in [-0.39, 0.29) is 0 Å². The molecule has 2 aromatic heterocycles. The molecular weight excluding hydrogens is 254 g/mol. The van der Waals surface area contributed by atoms with E-state index in [9.17, 15) is 0 Å². The molecule has 1 unspecified atom stereocenters. The average molecular weight is 273 g/mol. The highest BCUT2D eigenvalue weighted by Gasteiger charge is 2.26. The number of nitrogens with zero attached hydrogens (tertiary/aromatic N) is 3. The first-order valence-corrected chi connectivity index (χ1v) is 7.59. The van der Waals surface area contributed by atoms with Crippen molar-refractivity contribution < 1.29 is 0 Å². The van der Waals surface area contributed by atoms with Gasteiger partial charge in [0.15, 0.2) is 0 Å². The average Bonchev–Trinajstić information content (AvgIpc) is 2.99. The summed E-state index contributed by atoms with van der Waals surface area (Å²) >= 11 is 1.90. The summed E-state index contributed by atoms with van der Waals surface area (Å²) in [5, 5.41) is 0. The van der Waals surface area contributed by atoms with Crippen molar-refractivity contribution in [3.05, 3.63) is 45.7 Å².